The van der Waals surface area contributed by atoms with Crippen molar-refractivity contribution in [1.82, 2.24) is 15.1 Å². The molecule has 2 N–H and O–H groups in total. The highest BCUT2D eigenvalue weighted by Gasteiger charge is 2.25. The van der Waals surface area contributed by atoms with Gasteiger partial charge in [-0.2, -0.15) is 0 Å². The lowest BCUT2D eigenvalue weighted by Gasteiger charge is -2.38. The molecule has 1 atom stereocenters. The molecule has 1 saturated heterocycles. The van der Waals surface area contributed by atoms with Crippen LogP contribution in [0.3, 0.4) is 0 Å². The van der Waals surface area contributed by atoms with E-state index in [4.69, 9.17) is 0 Å². The van der Waals surface area contributed by atoms with E-state index in [0.29, 0.717) is 12.2 Å². The molecule has 1 aliphatic rings. The summed E-state index contributed by atoms with van der Waals surface area (Å²) >= 11 is 0. The summed E-state index contributed by atoms with van der Waals surface area (Å²) in [6, 6.07) is 14.1. The van der Waals surface area contributed by atoms with Crippen LogP contribution in [0.1, 0.15) is 28.3 Å². The molecule has 0 unspecified atom stereocenters. The molecule has 6 nitrogen and oxygen atoms in total. The van der Waals surface area contributed by atoms with Crippen molar-refractivity contribution in [2.45, 2.75) is 26.8 Å². The van der Waals surface area contributed by atoms with Crippen LogP contribution in [-0.4, -0.2) is 61.4 Å². The second-order valence-corrected chi connectivity index (χ2v) is 8.23. The molecule has 3 rings (SSSR count). The second-order valence-electron chi connectivity index (χ2n) is 8.23. The molecule has 2 aromatic rings. The number of carbonyl (C=O) groups excluding carboxylic acids is 2. The topological polar surface area (TPSA) is 64.7 Å². The van der Waals surface area contributed by atoms with Crippen LogP contribution in [0.25, 0.3) is 0 Å². The van der Waals surface area contributed by atoms with E-state index >= 15 is 0 Å². The maximum absolute atomic E-state index is 12.5. The van der Waals surface area contributed by atoms with Crippen LogP contribution >= 0.6 is 0 Å². The van der Waals surface area contributed by atoms with Crippen LogP contribution in [0.2, 0.25) is 0 Å². The van der Waals surface area contributed by atoms with Gasteiger partial charge in [0.25, 0.3) is 0 Å². The lowest BCUT2D eigenvalue weighted by molar-refractivity contribution is -0.136. The lowest BCUT2D eigenvalue weighted by Crippen LogP contribution is -2.49. The van der Waals surface area contributed by atoms with E-state index in [1.54, 1.807) is 0 Å². The summed E-state index contributed by atoms with van der Waals surface area (Å²) in [5.74, 6) is -1.25. The van der Waals surface area contributed by atoms with E-state index in [1.165, 1.54) is 5.56 Å². The number of amides is 2. The number of hydrogen-bond acceptors (Lipinski definition) is 4. The third-order valence-corrected chi connectivity index (χ3v) is 5.87. The van der Waals surface area contributed by atoms with Gasteiger partial charge in [-0.3, -0.25) is 14.5 Å². The number of anilines is 1. The van der Waals surface area contributed by atoms with E-state index in [9.17, 15) is 9.59 Å². The number of benzene rings is 2. The van der Waals surface area contributed by atoms with Crippen molar-refractivity contribution in [3.05, 3.63) is 64.7 Å². The van der Waals surface area contributed by atoms with E-state index in [2.05, 4.69) is 58.7 Å². The summed E-state index contributed by atoms with van der Waals surface area (Å²) in [5, 5.41) is 5.54. The molecule has 2 amide bonds. The van der Waals surface area contributed by atoms with Crippen LogP contribution in [0.5, 0.6) is 0 Å². The number of piperazine rings is 1. The zero-order valence-corrected chi connectivity index (χ0v) is 18.4. The van der Waals surface area contributed by atoms with Gasteiger partial charge < -0.3 is 15.5 Å². The molecule has 0 saturated carbocycles. The highest BCUT2D eigenvalue weighted by Crippen LogP contribution is 2.22. The molecule has 0 aromatic heterocycles. The number of carbonyl (C=O) groups is 2. The SMILES string of the molecule is Cc1ccc([C@H](CNC(=O)C(=O)Nc2ccc(C)c(C)c2)N2CCN(C)CC2)cc1. The quantitative estimate of drug-likeness (QED) is 0.747. The van der Waals surface area contributed by atoms with Gasteiger partial charge in [-0.05, 0) is 56.6 Å². The molecule has 0 bridgehead atoms. The first-order valence-electron chi connectivity index (χ1n) is 10.5. The lowest BCUT2D eigenvalue weighted by atomic mass is 10.0. The Balaban J connectivity index is 1.65. The van der Waals surface area contributed by atoms with E-state index in [1.807, 2.05) is 32.0 Å². The Bertz CT molecular complexity index is 887. The van der Waals surface area contributed by atoms with Gasteiger partial charge in [-0.1, -0.05) is 35.9 Å². The van der Waals surface area contributed by atoms with Crippen LogP contribution in [0.15, 0.2) is 42.5 Å². The monoisotopic (exact) mass is 408 g/mol. The van der Waals surface area contributed by atoms with Gasteiger partial charge in [0.05, 0.1) is 6.04 Å². The van der Waals surface area contributed by atoms with Gasteiger partial charge in [-0.25, -0.2) is 0 Å². The predicted octanol–water partition coefficient (Wildman–Crippen LogP) is 2.66. The minimum absolute atomic E-state index is 0.0395. The second kappa shape index (κ2) is 9.87. The molecule has 30 heavy (non-hydrogen) atoms. The number of rotatable bonds is 5. The van der Waals surface area contributed by atoms with Crippen molar-refractivity contribution in [3.63, 3.8) is 0 Å². The fraction of sp³-hybridized carbons (Fsp3) is 0.417. The van der Waals surface area contributed by atoms with Gasteiger partial charge in [0.1, 0.15) is 0 Å². The van der Waals surface area contributed by atoms with Crippen molar-refractivity contribution >= 4 is 17.5 Å². The Hall–Kier alpha value is -2.70. The Morgan fingerprint density at radius 3 is 2.20 bits per heavy atom. The molecule has 6 heteroatoms. The average Bonchev–Trinajstić information content (AvgIpc) is 2.73. The zero-order chi connectivity index (χ0) is 21.7. The first-order chi connectivity index (χ1) is 14.3. The largest absolute Gasteiger partial charge is 0.346 e. The van der Waals surface area contributed by atoms with E-state index in [-0.39, 0.29) is 6.04 Å². The Kier molecular flexibility index (Phi) is 7.24. The smallest absolute Gasteiger partial charge is 0.313 e. The maximum Gasteiger partial charge on any atom is 0.313 e. The summed E-state index contributed by atoms with van der Waals surface area (Å²) < 4.78 is 0. The van der Waals surface area contributed by atoms with Gasteiger partial charge in [0.2, 0.25) is 0 Å². The highest BCUT2D eigenvalue weighted by molar-refractivity contribution is 6.39. The third kappa shape index (κ3) is 5.68. The van der Waals surface area contributed by atoms with Crippen molar-refractivity contribution in [2.24, 2.45) is 0 Å². The first kappa shape index (κ1) is 22.0. The third-order valence-electron chi connectivity index (χ3n) is 5.87. The number of nitrogens with one attached hydrogen (secondary N) is 2. The Morgan fingerprint density at radius 2 is 1.57 bits per heavy atom. The molecule has 1 aliphatic heterocycles. The molecule has 2 aromatic carbocycles. The van der Waals surface area contributed by atoms with Crippen LogP contribution in [0.4, 0.5) is 5.69 Å². The van der Waals surface area contributed by atoms with E-state index < -0.39 is 11.8 Å². The number of hydrogen-bond donors (Lipinski definition) is 2. The highest BCUT2D eigenvalue weighted by atomic mass is 16.2. The van der Waals surface area contributed by atoms with Crippen molar-refractivity contribution < 1.29 is 9.59 Å². The fourth-order valence-corrected chi connectivity index (χ4v) is 3.66. The summed E-state index contributed by atoms with van der Waals surface area (Å²) in [7, 11) is 2.12. The number of aryl methyl sites for hydroxylation is 3. The first-order valence-corrected chi connectivity index (χ1v) is 10.5. The molecule has 0 radical (unpaired) electrons. The van der Waals surface area contributed by atoms with Crippen molar-refractivity contribution in [3.8, 4) is 0 Å². The minimum atomic E-state index is -0.640. The summed E-state index contributed by atoms with van der Waals surface area (Å²) in [6.07, 6.45) is 0. The molecule has 1 fully saturated rings. The molecule has 160 valence electrons. The van der Waals surface area contributed by atoms with Crippen LogP contribution < -0.4 is 10.6 Å². The number of nitrogens with zero attached hydrogens (tertiary/aromatic N) is 2. The Morgan fingerprint density at radius 1 is 0.900 bits per heavy atom. The standard InChI is InChI=1S/C24H32N4O2/c1-17-5-8-20(9-6-17)22(28-13-11-27(4)12-14-28)16-25-23(29)24(30)26-21-10-7-18(2)19(3)15-21/h5-10,15,22H,11-14,16H2,1-4H3,(H,25,29)(H,26,30)/t22-/m0/s1. The normalized spacial score (nSPS) is 16.1. The zero-order valence-electron chi connectivity index (χ0n) is 18.4. The van der Waals surface area contributed by atoms with Gasteiger partial charge in [0, 0.05) is 38.4 Å². The molecular weight excluding hydrogens is 376 g/mol. The average molecular weight is 409 g/mol. The predicted molar refractivity (Wildman–Crippen MR) is 121 cm³/mol. The summed E-state index contributed by atoms with van der Waals surface area (Å²) in [4.78, 5) is 29.5. The van der Waals surface area contributed by atoms with Crippen molar-refractivity contribution in [1.29, 1.82) is 0 Å². The molecule has 1 heterocycles. The Labute approximate surface area is 179 Å². The van der Waals surface area contributed by atoms with Gasteiger partial charge in [0.15, 0.2) is 0 Å². The molecule has 0 aliphatic carbocycles. The number of likely N-dealkylation sites (N-methyl/N-ethyl adjacent to an activating group) is 1. The molecule has 0 spiro atoms. The van der Waals surface area contributed by atoms with Crippen LogP contribution in [0, 0.1) is 20.8 Å². The van der Waals surface area contributed by atoms with Gasteiger partial charge >= 0.3 is 11.8 Å². The molecular formula is C24H32N4O2. The minimum Gasteiger partial charge on any atom is -0.346 e. The summed E-state index contributed by atoms with van der Waals surface area (Å²) in [5.41, 5.74) is 5.20. The van der Waals surface area contributed by atoms with Crippen LogP contribution in [-0.2, 0) is 9.59 Å². The van der Waals surface area contributed by atoms with Gasteiger partial charge in [-0.15, -0.1) is 0 Å². The maximum atomic E-state index is 12.5. The van der Waals surface area contributed by atoms with E-state index in [0.717, 1.165) is 42.9 Å². The fourth-order valence-electron chi connectivity index (χ4n) is 3.66. The summed E-state index contributed by atoms with van der Waals surface area (Å²) in [6.45, 7) is 10.3. The van der Waals surface area contributed by atoms with Crippen molar-refractivity contribution in [2.75, 3.05) is 45.1 Å².